The van der Waals surface area contributed by atoms with E-state index in [0.29, 0.717) is 0 Å². The standard InChI is InChI=1S/C13H15NO2/c15-13(16)10-12(14-8-4-5-9-14)11-6-2-1-3-7-11/h1-3,6-7,10H,4-5,8-9H2,(H,15,16)/b12-10+. The van der Waals surface area contributed by atoms with Crippen LogP contribution in [0.2, 0.25) is 0 Å². The van der Waals surface area contributed by atoms with Gasteiger partial charge in [0, 0.05) is 19.2 Å². The molecule has 3 nitrogen and oxygen atoms in total. The van der Waals surface area contributed by atoms with Crippen LogP contribution in [0.25, 0.3) is 5.70 Å². The fourth-order valence-electron chi connectivity index (χ4n) is 2.04. The summed E-state index contributed by atoms with van der Waals surface area (Å²) in [6.45, 7) is 1.90. The molecule has 84 valence electrons. The Morgan fingerprint density at radius 1 is 1.19 bits per heavy atom. The van der Waals surface area contributed by atoms with Gasteiger partial charge in [-0.05, 0) is 18.4 Å². The maximum atomic E-state index is 10.8. The molecular formula is C13H15NO2. The molecule has 1 fully saturated rings. The molecule has 1 aliphatic heterocycles. The van der Waals surface area contributed by atoms with Crippen LogP contribution in [0.5, 0.6) is 0 Å². The number of rotatable bonds is 3. The van der Waals surface area contributed by atoms with E-state index in [9.17, 15) is 4.79 Å². The highest BCUT2D eigenvalue weighted by Crippen LogP contribution is 2.23. The summed E-state index contributed by atoms with van der Waals surface area (Å²) in [4.78, 5) is 13.0. The monoisotopic (exact) mass is 217 g/mol. The van der Waals surface area contributed by atoms with Crippen molar-refractivity contribution in [3.63, 3.8) is 0 Å². The van der Waals surface area contributed by atoms with Crippen molar-refractivity contribution in [2.24, 2.45) is 0 Å². The lowest BCUT2D eigenvalue weighted by atomic mass is 10.1. The van der Waals surface area contributed by atoms with Crippen molar-refractivity contribution in [1.82, 2.24) is 4.90 Å². The Kier molecular flexibility index (Phi) is 3.25. The van der Waals surface area contributed by atoms with Gasteiger partial charge in [0.2, 0.25) is 0 Å². The van der Waals surface area contributed by atoms with Crippen LogP contribution < -0.4 is 0 Å². The summed E-state index contributed by atoms with van der Waals surface area (Å²) in [5.41, 5.74) is 1.80. The summed E-state index contributed by atoms with van der Waals surface area (Å²) in [5.74, 6) is -0.884. The molecular weight excluding hydrogens is 202 g/mol. The van der Waals surface area contributed by atoms with E-state index in [0.717, 1.165) is 37.2 Å². The Balaban J connectivity index is 2.31. The molecule has 0 saturated carbocycles. The average molecular weight is 217 g/mol. The molecule has 2 rings (SSSR count). The van der Waals surface area contributed by atoms with Crippen molar-refractivity contribution in [3.8, 4) is 0 Å². The van der Waals surface area contributed by atoms with Gasteiger partial charge >= 0.3 is 5.97 Å². The quantitative estimate of drug-likeness (QED) is 0.789. The first kappa shape index (κ1) is 10.7. The molecule has 0 spiro atoms. The van der Waals surface area contributed by atoms with Crippen molar-refractivity contribution < 1.29 is 9.90 Å². The molecule has 0 atom stereocenters. The van der Waals surface area contributed by atoms with E-state index >= 15 is 0 Å². The number of nitrogens with zero attached hydrogens (tertiary/aromatic N) is 1. The fourth-order valence-corrected chi connectivity index (χ4v) is 2.04. The van der Waals surface area contributed by atoms with Crippen molar-refractivity contribution in [2.75, 3.05) is 13.1 Å². The second kappa shape index (κ2) is 4.84. The predicted octanol–water partition coefficient (Wildman–Crippen LogP) is 2.21. The van der Waals surface area contributed by atoms with E-state index in [1.54, 1.807) is 0 Å². The molecule has 0 aromatic heterocycles. The number of aliphatic carboxylic acids is 1. The van der Waals surface area contributed by atoms with Gasteiger partial charge in [0.05, 0.1) is 5.70 Å². The molecule has 0 bridgehead atoms. The maximum Gasteiger partial charge on any atom is 0.330 e. The lowest BCUT2D eigenvalue weighted by molar-refractivity contribution is -0.131. The van der Waals surface area contributed by atoms with E-state index < -0.39 is 5.97 Å². The van der Waals surface area contributed by atoms with Crippen molar-refractivity contribution in [1.29, 1.82) is 0 Å². The largest absolute Gasteiger partial charge is 0.478 e. The van der Waals surface area contributed by atoms with Crippen LogP contribution in [0.15, 0.2) is 36.4 Å². The number of hydrogen-bond donors (Lipinski definition) is 1. The van der Waals surface area contributed by atoms with Gasteiger partial charge in [-0.2, -0.15) is 0 Å². The molecule has 1 heterocycles. The molecule has 16 heavy (non-hydrogen) atoms. The highest BCUT2D eigenvalue weighted by molar-refractivity contribution is 5.89. The molecule has 0 aliphatic carbocycles. The summed E-state index contributed by atoms with van der Waals surface area (Å²) in [5, 5.41) is 8.90. The fraction of sp³-hybridized carbons (Fsp3) is 0.308. The molecule has 0 amide bonds. The van der Waals surface area contributed by atoms with E-state index in [2.05, 4.69) is 4.90 Å². The summed E-state index contributed by atoms with van der Waals surface area (Å²) >= 11 is 0. The summed E-state index contributed by atoms with van der Waals surface area (Å²) < 4.78 is 0. The second-order valence-corrected chi connectivity index (χ2v) is 3.93. The number of carboxylic acids is 1. The van der Waals surface area contributed by atoms with Crippen LogP contribution in [-0.4, -0.2) is 29.1 Å². The number of benzene rings is 1. The Hall–Kier alpha value is -1.77. The van der Waals surface area contributed by atoms with Gasteiger partial charge in [0.1, 0.15) is 0 Å². The van der Waals surface area contributed by atoms with Crippen LogP contribution in [0.3, 0.4) is 0 Å². The predicted molar refractivity (Wildman–Crippen MR) is 62.9 cm³/mol. The molecule has 1 aromatic carbocycles. The van der Waals surface area contributed by atoms with E-state index in [4.69, 9.17) is 5.11 Å². The zero-order valence-electron chi connectivity index (χ0n) is 9.10. The molecule has 1 aliphatic rings. The zero-order chi connectivity index (χ0) is 11.4. The molecule has 1 aromatic rings. The Morgan fingerprint density at radius 3 is 2.38 bits per heavy atom. The van der Waals surface area contributed by atoms with Crippen molar-refractivity contribution >= 4 is 11.7 Å². The minimum absolute atomic E-state index is 0.825. The summed E-state index contributed by atoms with van der Waals surface area (Å²) in [7, 11) is 0. The van der Waals surface area contributed by atoms with Gasteiger partial charge in [0.25, 0.3) is 0 Å². The van der Waals surface area contributed by atoms with Gasteiger partial charge in [-0.3, -0.25) is 0 Å². The van der Waals surface area contributed by atoms with Crippen molar-refractivity contribution in [3.05, 3.63) is 42.0 Å². The van der Waals surface area contributed by atoms with Crippen LogP contribution in [0.1, 0.15) is 18.4 Å². The van der Waals surface area contributed by atoms with E-state index in [-0.39, 0.29) is 0 Å². The third-order valence-corrected chi connectivity index (χ3v) is 2.78. The van der Waals surface area contributed by atoms with E-state index in [1.165, 1.54) is 6.08 Å². The second-order valence-electron chi connectivity index (χ2n) is 3.93. The number of carbonyl (C=O) groups is 1. The minimum Gasteiger partial charge on any atom is -0.478 e. The number of likely N-dealkylation sites (tertiary alicyclic amines) is 1. The topological polar surface area (TPSA) is 40.5 Å². The van der Waals surface area contributed by atoms with Gasteiger partial charge in [-0.15, -0.1) is 0 Å². The lowest BCUT2D eigenvalue weighted by Gasteiger charge is -2.21. The maximum absolute atomic E-state index is 10.8. The van der Waals surface area contributed by atoms with Gasteiger partial charge < -0.3 is 10.0 Å². The molecule has 1 N–H and O–H groups in total. The van der Waals surface area contributed by atoms with E-state index in [1.807, 2.05) is 30.3 Å². The molecule has 0 radical (unpaired) electrons. The zero-order valence-corrected chi connectivity index (χ0v) is 9.10. The Bertz CT molecular complexity index is 392. The Morgan fingerprint density at radius 2 is 1.81 bits per heavy atom. The number of hydrogen-bond acceptors (Lipinski definition) is 2. The Labute approximate surface area is 95.0 Å². The summed E-state index contributed by atoms with van der Waals surface area (Å²) in [6, 6.07) is 9.70. The van der Waals surface area contributed by atoms with Crippen LogP contribution in [0, 0.1) is 0 Å². The first-order chi connectivity index (χ1) is 7.77. The normalized spacial score (nSPS) is 16.5. The highest BCUT2D eigenvalue weighted by Gasteiger charge is 2.16. The average Bonchev–Trinajstić information content (AvgIpc) is 2.80. The lowest BCUT2D eigenvalue weighted by Crippen LogP contribution is -2.18. The molecule has 1 saturated heterocycles. The first-order valence-electron chi connectivity index (χ1n) is 5.52. The molecule has 3 heteroatoms. The smallest absolute Gasteiger partial charge is 0.330 e. The third-order valence-electron chi connectivity index (χ3n) is 2.78. The van der Waals surface area contributed by atoms with Crippen LogP contribution in [0.4, 0.5) is 0 Å². The first-order valence-corrected chi connectivity index (χ1v) is 5.52. The van der Waals surface area contributed by atoms with Gasteiger partial charge in [-0.1, -0.05) is 30.3 Å². The van der Waals surface area contributed by atoms with Gasteiger partial charge in [-0.25, -0.2) is 4.79 Å². The van der Waals surface area contributed by atoms with Crippen LogP contribution >= 0.6 is 0 Å². The van der Waals surface area contributed by atoms with Crippen molar-refractivity contribution in [2.45, 2.75) is 12.8 Å². The SMILES string of the molecule is O=C(O)/C=C(\c1ccccc1)N1CCCC1. The number of carboxylic acid groups (broad SMARTS) is 1. The highest BCUT2D eigenvalue weighted by atomic mass is 16.4. The summed E-state index contributed by atoms with van der Waals surface area (Å²) in [6.07, 6.45) is 3.59. The van der Waals surface area contributed by atoms with Crippen LogP contribution in [-0.2, 0) is 4.79 Å². The third kappa shape index (κ3) is 2.42. The minimum atomic E-state index is -0.884. The molecule has 0 unspecified atom stereocenters. The van der Waals surface area contributed by atoms with Gasteiger partial charge in [0.15, 0.2) is 0 Å².